The second-order valence-electron chi connectivity index (χ2n) is 4.44. The summed E-state index contributed by atoms with van der Waals surface area (Å²) in [5.41, 5.74) is 1.05. The Morgan fingerprint density at radius 3 is 2.70 bits per heavy atom. The van der Waals surface area contributed by atoms with Crippen molar-refractivity contribution in [1.82, 2.24) is 15.5 Å². The Kier molecular flexibility index (Phi) is 4.57. The molecule has 108 valence electrons. The van der Waals surface area contributed by atoms with Gasteiger partial charge in [-0.05, 0) is 13.0 Å². The van der Waals surface area contributed by atoms with Crippen molar-refractivity contribution in [2.24, 2.45) is 0 Å². The second-order valence-corrected chi connectivity index (χ2v) is 4.44. The number of ether oxygens (including phenoxy) is 2. The molecule has 0 saturated heterocycles. The number of nitrogens with one attached hydrogen (secondary N) is 1. The van der Waals surface area contributed by atoms with E-state index in [2.05, 4.69) is 22.4 Å². The van der Waals surface area contributed by atoms with Crippen LogP contribution in [0.5, 0.6) is 11.5 Å². The molecule has 0 spiro atoms. The monoisotopic (exact) mass is 277 g/mol. The zero-order valence-corrected chi connectivity index (χ0v) is 12.1. The zero-order chi connectivity index (χ0) is 14.5. The average molecular weight is 277 g/mol. The lowest BCUT2D eigenvalue weighted by Gasteiger charge is -2.17. The number of methoxy groups -OCH3 is 2. The van der Waals surface area contributed by atoms with Crippen LogP contribution in [-0.4, -0.2) is 24.4 Å². The minimum Gasteiger partial charge on any atom is -0.497 e. The molecule has 1 unspecified atom stereocenters. The van der Waals surface area contributed by atoms with Crippen LogP contribution in [0.3, 0.4) is 0 Å². The first-order valence-corrected chi connectivity index (χ1v) is 6.38. The van der Waals surface area contributed by atoms with E-state index >= 15 is 0 Å². The van der Waals surface area contributed by atoms with Crippen molar-refractivity contribution < 1.29 is 14.0 Å². The Labute approximate surface area is 118 Å². The van der Waals surface area contributed by atoms with Gasteiger partial charge in [-0.2, -0.15) is 4.98 Å². The fourth-order valence-corrected chi connectivity index (χ4v) is 1.94. The Morgan fingerprint density at radius 2 is 2.10 bits per heavy atom. The maximum atomic E-state index is 5.40. The van der Waals surface area contributed by atoms with Crippen LogP contribution >= 0.6 is 0 Å². The lowest BCUT2D eigenvalue weighted by molar-refractivity contribution is 0.379. The Morgan fingerprint density at radius 1 is 1.30 bits per heavy atom. The molecule has 1 N–H and O–H groups in total. The van der Waals surface area contributed by atoms with E-state index in [1.807, 2.05) is 18.2 Å². The average Bonchev–Trinajstić information content (AvgIpc) is 2.89. The highest BCUT2D eigenvalue weighted by Gasteiger charge is 2.13. The summed E-state index contributed by atoms with van der Waals surface area (Å²) < 4.78 is 15.5. The molecule has 0 radical (unpaired) electrons. The van der Waals surface area contributed by atoms with Gasteiger partial charge in [-0.3, -0.25) is 0 Å². The molecule has 0 fully saturated rings. The summed E-state index contributed by atoms with van der Waals surface area (Å²) >= 11 is 0. The normalized spacial score (nSPS) is 12.2. The fraction of sp³-hybridized carbons (Fsp3) is 0.429. The molecule has 0 bridgehead atoms. The first-order valence-electron chi connectivity index (χ1n) is 6.38. The molecule has 1 aromatic carbocycles. The maximum absolute atomic E-state index is 5.40. The Balaban J connectivity index is 2.06. The van der Waals surface area contributed by atoms with Crippen molar-refractivity contribution in [1.29, 1.82) is 0 Å². The van der Waals surface area contributed by atoms with Crippen LogP contribution in [0.1, 0.15) is 30.2 Å². The lowest BCUT2D eigenvalue weighted by Crippen LogP contribution is -2.19. The van der Waals surface area contributed by atoms with Crippen LogP contribution in [-0.2, 0) is 6.54 Å². The van der Waals surface area contributed by atoms with Gasteiger partial charge in [0, 0.05) is 24.6 Å². The highest BCUT2D eigenvalue weighted by atomic mass is 16.5. The number of nitrogens with zero attached hydrogens (tertiary/aromatic N) is 2. The van der Waals surface area contributed by atoms with Gasteiger partial charge in [0.2, 0.25) is 5.89 Å². The van der Waals surface area contributed by atoms with Crippen molar-refractivity contribution in [2.75, 3.05) is 14.2 Å². The highest BCUT2D eigenvalue weighted by molar-refractivity contribution is 5.42. The number of hydrogen-bond donors (Lipinski definition) is 1. The van der Waals surface area contributed by atoms with Gasteiger partial charge in [-0.1, -0.05) is 11.2 Å². The molecule has 20 heavy (non-hydrogen) atoms. The smallest absolute Gasteiger partial charge is 0.223 e. The van der Waals surface area contributed by atoms with E-state index in [4.69, 9.17) is 14.0 Å². The van der Waals surface area contributed by atoms with Gasteiger partial charge in [0.05, 0.1) is 20.8 Å². The largest absolute Gasteiger partial charge is 0.497 e. The summed E-state index contributed by atoms with van der Waals surface area (Å²) in [4.78, 5) is 4.15. The molecule has 6 heteroatoms. The molecule has 0 amide bonds. The summed E-state index contributed by atoms with van der Waals surface area (Å²) in [6.07, 6.45) is 0. The van der Waals surface area contributed by atoms with Gasteiger partial charge in [0.1, 0.15) is 11.5 Å². The SMILES string of the molecule is COc1ccc(C(C)NCc2noc(C)n2)c(OC)c1. The fourth-order valence-electron chi connectivity index (χ4n) is 1.94. The van der Waals surface area contributed by atoms with E-state index in [-0.39, 0.29) is 6.04 Å². The number of aryl methyl sites for hydroxylation is 1. The van der Waals surface area contributed by atoms with Crippen LogP contribution in [0.25, 0.3) is 0 Å². The van der Waals surface area contributed by atoms with E-state index in [0.717, 1.165) is 17.1 Å². The van der Waals surface area contributed by atoms with E-state index < -0.39 is 0 Å². The van der Waals surface area contributed by atoms with Gasteiger partial charge in [0.15, 0.2) is 5.82 Å². The summed E-state index contributed by atoms with van der Waals surface area (Å²) in [5, 5.41) is 7.19. The molecule has 1 aromatic heterocycles. The van der Waals surface area contributed by atoms with Crippen molar-refractivity contribution >= 4 is 0 Å². The van der Waals surface area contributed by atoms with Gasteiger partial charge >= 0.3 is 0 Å². The predicted octanol–water partition coefficient (Wildman–Crippen LogP) is 2.25. The number of rotatable bonds is 6. The molecule has 6 nitrogen and oxygen atoms in total. The molecule has 0 aliphatic carbocycles. The number of benzene rings is 1. The minimum absolute atomic E-state index is 0.0923. The van der Waals surface area contributed by atoms with Gasteiger partial charge in [-0.15, -0.1) is 0 Å². The number of aromatic nitrogens is 2. The van der Waals surface area contributed by atoms with E-state index in [1.165, 1.54) is 0 Å². The Bertz CT molecular complexity index is 569. The van der Waals surface area contributed by atoms with Gasteiger partial charge in [0.25, 0.3) is 0 Å². The molecular formula is C14H19N3O3. The second kappa shape index (κ2) is 6.38. The summed E-state index contributed by atoms with van der Waals surface area (Å²) in [6, 6.07) is 5.85. The van der Waals surface area contributed by atoms with Crippen molar-refractivity contribution in [3.8, 4) is 11.5 Å². The quantitative estimate of drug-likeness (QED) is 0.873. The summed E-state index contributed by atoms with van der Waals surface area (Å²) in [7, 11) is 3.28. The predicted molar refractivity (Wildman–Crippen MR) is 73.8 cm³/mol. The maximum Gasteiger partial charge on any atom is 0.223 e. The third kappa shape index (κ3) is 3.27. The van der Waals surface area contributed by atoms with Crippen LogP contribution < -0.4 is 14.8 Å². The van der Waals surface area contributed by atoms with Crippen LogP contribution in [0.4, 0.5) is 0 Å². The Hall–Kier alpha value is -2.08. The molecule has 2 aromatic rings. The highest BCUT2D eigenvalue weighted by Crippen LogP contribution is 2.29. The van der Waals surface area contributed by atoms with Gasteiger partial charge < -0.3 is 19.3 Å². The van der Waals surface area contributed by atoms with Gasteiger partial charge in [-0.25, -0.2) is 0 Å². The van der Waals surface area contributed by atoms with Crippen molar-refractivity contribution in [3.63, 3.8) is 0 Å². The van der Waals surface area contributed by atoms with Crippen LogP contribution in [0.2, 0.25) is 0 Å². The summed E-state index contributed by atoms with van der Waals surface area (Å²) in [6.45, 7) is 4.36. The molecular weight excluding hydrogens is 258 g/mol. The van der Waals surface area contributed by atoms with Crippen molar-refractivity contribution in [2.45, 2.75) is 26.4 Å². The minimum atomic E-state index is 0.0923. The molecule has 0 saturated carbocycles. The van der Waals surface area contributed by atoms with E-state index in [1.54, 1.807) is 21.1 Å². The van der Waals surface area contributed by atoms with Crippen LogP contribution in [0.15, 0.2) is 22.7 Å². The first kappa shape index (κ1) is 14.3. The first-order chi connectivity index (χ1) is 9.63. The topological polar surface area (TPSA) is 69.4 Å². The molecule has 1 heterocycles. The molecule has 0 aliphatic heterocycles. The van der Waals surface area contributed by atoms with Crippen molar-refractivity contribution in [3.05, 3.63) is 35.5 Å². The molecule has 2 rings (SSSR count). The van der Waals surface area contributed by atoms with E-state index in [0.29, 0.717) is 18.3 Å². The lowest BCUT2D eigenvalue weighted by atomic mass is 10.1. The third-order valence-electron chi connectivity index (χ3n) is 3.04. The zero-order valence-electron chi connectivity index (χ0n) is 12.1. The summed E-state index contributed by atoms with van der Waals surface area (Å²) in [5.74, 6) is 2.76. The molecule has 0 aliphatic rings. The third-order valence-corrected chi connectivity index (χ3v) is 3.04. The van der Waals surface area contributed by atoms with E-state index in [9.17, 15) is 0 Å². The van der Waals surface area contributed by atoms with Crippen LogP contribution in [0, 0.1) is 6.92 Å². The standard InChI is InChI=1S/C14H19N3O3/c1-9(15-8-14-16-10(2)20-17-14)12-6-5-11(18-3)7-13(12)19-4/h5-7,9,15H,8H2,1-4H3. The number of hydrogen-bond acceptors (Lipinski definition) is 6. The molecule has 1 atom stereocenters.